The third-order valence-electron chi connectivity index (χ3n) is 3.72. The number of amides is 1. The number of halogens is 2. The minimum absolute atomic E-state index is 0.181. The van der Waals surface area contributed by atoms with Gasteiger partial charge in [-0.05, 0) is 31.9 Å². The summed E-state index contributed by atoms with van der Waals surface area (Å²) in [6, 6.07) is 4.98. The number of nitrogens with zero attached hydrogens (tertiary/aromatic N) is 1. The first kappa shape index (κ1) is 16.9. The number of rotatable bonds is 4. The van der Waals surface area contributed by atoms with Crippen LogP contribution < -0.4 is 4.74 Å². The molecule has 1 aromatic rings. The number of aliphatic carboxylic acids is 1. The molecule has 7 heteroatoms. The first-order valence-corrected chi connectivity index (χ1v) is 7.78. The van der Waals surface area contributed by atoms with E-state index < -0.39 is 12.1 Å². The van der Waals surface area contributed by atoms with E-state index in [1.165, 1.54) is 0 Å². The molecule has 1 amide bonds. The molecule has 0 saturated carbocycles. The van der Waals surface area contributed by atoms with Crippen molar-refractivity contribution in [1.82, 2.24) is 4.90 Å². The van der Waals surface area contributed by atoms with Crippen molar-refractivity contribution in [3.05, 3.63) is 28.2 Å². The highest BCUT2D eigenvalue weighted by molar-refractivity contribution is 6.42. The molecule has 1 aliphatic rings. The van der Waals surface area contributed by atoms with Gasteiger partial charge in [0.25, 0.3) is 5.91 Å². The van der Waals surface area contributed by atoms with Crippen LogP contribution in [-0.4, -0.2) is 41.1 Å². The van der Waals surface area contributed by atoms with E-state index in [-0.39, 0.29) is 16.8 Å². The van der Waals surface area contributed by atoms with Crippen molar-refractivity contribution >= 4 is 35.1 Å². The van der Waals surface area contributed by atoms with Crippen LogP contribution in [-0.2, 0) is 9.59 Å². The highest BCUT2D eigenvalue weighted by atomic mass is 35.5. The van der Waals surface area contributed by atoms with Crippen molar-refractivity contribution < 1.29 is 19.4 Å². The molecule has 120 valence electrons. The molecule has 1 aliphatic heterocycles. The van der Waals surface area contributed by atoms with Crippen LogP contribution in [0.3, 0.4) is 0 Å². The maximum Gasteiger partial charge on any atom is 0.306 e. The van der Waals surface area contributed by atoms with Gasteiger partial charge in [-0.25, -0.2) is 0 Å². The second-order valence-corrected chi connectivity index (χ2v) is 6.03. The lowest BCUT2D eigenvalue weighted by molar-refractivity contribution is -0.147. The molecule has 0 radical (unpaired) electrons. The smallest absolute Gasteiger partial charge is 0.306 e. The number of hydrogen-bond donors (Lipinski definition) is 1. The summed E-state index contributed by atoms with van der Waals surface area (Å²) in [6.45, 7) is 2.49. The van der Waals surface area contributed by atoms with Crippen molar-refractivity contribution in [3.8, 4) is 5.75 Å². The van der Waals surface area contributed by atoms with Crippen LogP contribution in [0.5, 0.6) is 5.75 Å². The fourth-order valence-corrected chi connectivity index (χ4v) is 2.76. The quantitative estimate of drug-likeness (QED) is 0.910. The molecule has 0 unspecified atom stereocenters. The molecule has 0 bridgehead atoms. The number of benzene rings is 1. The average molecular weight is 346 g/mol. The molecule has 1 saturated heterocycles. The zero-order chi connectivity index (χ0) is 16.3. The molecule has 0 spiro atoms. The lowest BCUT2D eigenvalue weighted by atomic mass is 9.97. The minimum Gasteiger partial charge on any atom is -0.481 e. The Labute approximate surface area is 138 Å². The summed E-state index contributed by atoms with van der Waals surface area (Å²) < 4.78 is 5.59. The molecule has 1 heterocycles. The number of hydrogen-bond acceptors (Lipinski definition) is 3. The van der Waals surface area contributed by atoms with Gasteiger partial charge < -0.3 is 14.7 Å². The minimum atomic E-state index is -0.804. The maximum absolute atomic E-state index is 12.4. The Bertz CT molecular complexity index is 571. The van der Waals surface area contributed by atoms with Crippen LogP contribution in [0, 0.1) is 5.92 Å². The van der Waals surface area contributed by atoms with Crippen LogP contribution in [0.1, 0.15) is 19.8 Å². The van der Waals surface area contributed by atoms with E-state index in [9.17, 15) is 9.59 Å². The number of carbonyl (C=O) groups is 2. The Morgan fingerprint density at radius 3 is 2.55 bits per heavy atom. The summed E-state index contributed by atoms with van der Waals surface area (Å²) in [5.74, 6) is -1.000. The van der Waals surface area contributed by atoms with Gasteiger partial charge in [0.2, 0.25) is 0 Å². The zero-order valence-electron chi connectivity index (χ0n) is 12.1. The lowest BCUT2D eigenvalue weighted by Crippen LogP contribution is -2.45. The van der Waals surface area contributed by atoms with Crippen molar-refractivity contribution in [1.29, 1.82) is 0 Å². The van der Waals surface area contributed by atoms with Gasteiger partial charge in [-0.15, -0.1) is 0 Å². The first-order valence-electron chi connectivity index (χ1n) is 7.02. The van der Waals surface area contributed by atoms with Crippen molar-refractivity contribution in [2.45, 2.75) is 25.9 Å². The van der Waals surface area contributed by atoms with E-state index in [4.69, 9.17) is 33.0 Å². The van der Waals surface area contributed by atoms with Crippen LogP contribution in [0.25, 0.3) is 0 Å². The number of carboxylic acids is 1. The number of likely N-dealkylation sites (tertiary alicyclic amines) is 1. The fourth-order valence-electron chi connectivity index (χ4n) is 2.42. The van der Waals surface area contributed by atoms with Crippen LogP contribution >= 0.6 is 23.2 Å². The van der Waals surface area contributed by atoms with Crippen LogP contribution in [0.2, 0.25) is 10.0 Å². The molecule has 22 heavy (non-hydrogen) atoms. The van der Waals surface area contributed by atoms with Gasteiger partial charge in [-0.3, -0.25) is 9.59 Å². The Balaban J connectivity index is 1.95. The maximum atomic E-state index is 12.4. The molecule has 1 N–H and O–H groups in total. The second kappa shape index (κ2) is 7.20. The summed E-state index contributed by atoms with van der Waals surface area (Å²) in [7, 11) is 0. The van der Waals surface area contributed by atoms with Gasteiger partial charge in [-0.2, -0.15) is 0 Å². The van der Waals surface area contributed by atoms with E-state index in [0.717, 1.165) is 0 Å². The summed E-state index contributed by atoms with van der Waals surface area (Å²) >= 11 is 11.9. The third-order valence-corrected chi connectivity index (χ3v) is 4.53. The van der Waals surface area contributed by atoms with Crippen molar-refractivity contribution in [3.63, 3.8) is 0 Å². The number of carboxylic acid groups (broad SMARTS) is 1. The lowest BCUT2D eigenvalue weighted by Gasteiger charge is -2.32. The third kappa shape index (κ3) is 3.84. The topological polar surface area (TPSA) is 66.8 Å². The SMILES string of the molecule is C[C@H](Oc1cccc(Cl)c1Cl)C(=O)N1CCC(C(=O)O)CC1. The van der Waals surface area contributed by atoms with Crippen molar-refractivity contribution in [2.75, 3.05) is 13.1 Å². The number of piperidine rings is 1. The molecule has 5 nitrogen and oxygen atoms in total. The van der Waals surface area contributed by atoms with Crippen LogP contribution in [0.4, 0.5) is 0 Å². The second-order valence-electron chi connectivity index (χ2n) is 5.25. The molecule has 1 aromatic carbocycles. The fraction of sp³-hybridized carbons (Fsp3) is 0.467. The predicted octanol–water partition coefficient (Wildman–Crippen LogP) is 3.08. The van der Waals surface area contributed by atoms with Gasteiger partial charge in [0.05, 0.1) is 10.9 Å². The van der Waals surface area contributed by atoms with Gasteiger partial charge in [0.1, 0.15) is 10.8 Å². The van der Waals surface area contributed by atoms with Gasteiger partial charge in [0.15, 0.2) is 6.10 Å². The monoisotopic (exact) mass is 345 g/mol. The van der Waals surface area contributed by atoms with E-state index >= 15 is 0 Å². The molecule has 2 rings (SSSR count). The molecular formula is C15H17Cl2NO4. The van der Waals surface area contributed by atoms with E-state index in [2.05, 4.69) is 0 Å². The normalized spacial score (nSPS) is 17.1. The molecule has 0 aromatic heterocycles. The Hall–Kier alpha value is -1.46. The van der Waals surface area contributed by atoms with Crippen molar-refractivity contribution in [2.24, 2.45) is 5.92 Å². The number of carbonyl (C=O) groups excluding carboxylic acids is 1. The molecule has 1 atom stereocenters. The van der Waals surface area contributed by atoms with E-state index in [0.29, 0.717) is 36.7 Å². The summed E-state index contributed by atoms with van der Waals surface area (Å²) in [5, 5.41) is 9.60. The standard InChI is InChI=1S/C15H17Cl2NO4/c1-9(22-12-4-2-3-11(16)13(12)17)14(19)18-7-5-10(6-8-18)15(20)21/h2-4,9-10H,5-8H2,1H3,(H,20,21)/t9-/m0/s1. The van der Waals surface area contributed by atoms with Gasteiger partial charge in [0, 0.05) is 13.1 Å². The Morgan fingerprint density at radius 2 is 1.95 bits per heavy atom. The molecule has 1 fully saturated rings. The van der Waals surface area contributed by atoms with Gasteiger partial charge >= 0.3 is 5.97 Å². The number of ether oxygens (including phenoxy) is 1. The summed E-state index contributed by atoms with van der Waals surface area (Å²) in [4.78, 5) is 24.9. The molecular weight excluding hydrogens is 329 g/mol. The van der Waals surface area contributed by atoms with Crippen LogP contribution in [0.15, 0.2) is 18.2 Å². The Kier molecular flexibility index (Phi) is 5.53. The highest BCUT2D eigenvalue weighted by Crippen LogP contribution is 2.32. The summed E-state index contributed by atoms with van der Waals surface area (Å²) in [5.41, 5.74) is 0. The predicted molar refractivity (Wildman–Crippen MR) is 83.5 cm³/mol. The van der Waals surface area contributed by atoms with E-state index in [1.807, 2.05) is 0 Å². The average Bonchev–Trinajstić information content (AvgIpc) is 2.51. The van der Waals surface area contributed by atoms with E-state index in [1.54, 1.807) is 30.0 Å². The largest absolute Gasteiger partial charge is 0.481 e. The first-order chi connectivity index (χ1) is 10.4. The van der Waals surface area contributed by atoms with Gasteiger partial charge in [-0.1, -0.05) is 29.3 Å². The molecule has 0 aliphatic carbocycles. The zero-order valence-corrected chi connectivity index (χ0v) is 13.6. The highest BCUT2D eigenvalue weighted by Gasteiger charge is 2.30. The Morgan fingerprint density at radius 1 is 1.32 bits per heavy atom. The summed E-state index contributed by atoms with van der Waals surface area (Å²) in [6.07, 6.45) is 0.217.